The van der Waals surface area contributed by atoms with Gasteiger partial charge in [-0.2, -0.15) is 0 Å². The molecule has 0 radical (unpaired) electrons. The second kappa shape index (κ2) is 14.3. The van der Waals surface area contributed by atoms with Crippen LogP contribution in [0.2, 0.25) is 0 Å². The van der Waals surface area contributed by atoms with Crippen LogP contribution in [0.4, 0.5) is 0 Å². The highest BCUT2D eigenvalue weighted by Gasteiger charge is 1.99. The lowest BCUT2D eigenvalue weighted by atomic mass is 10.2. The number of terminal acetylenes is 1. The number of rotatable bonds is 9. The summed E-state index contributed by atoms with van der Waals surface area (Å²) < 4.78 is 0. The molecule has 0 saturated heterocycles. The summed E-state index contributed by atoms with van der Waals surface area (Å²) in [6.45, 7) is 1.51. The van der Waals surface area contributed by atoms with E-state index < -0.39 is 0 Å². The van der Waals surface area contributed by atoms with E-state index in [-0.39, 0.29) is 18.3 Å². The summed E-state index contributed by atoms with van der Waals surface area (Å²) >= 11 is 0. The number of unbranched alkanes of at least 4 members (excludes halogenated alkanes) is 4. The topological polar surface area (TPSA) is 55.1 Å². The number of carbonyl (C=O) groups is 1. The summed E-state index contributed by atoms with van der Waals surface area (Å²) in [4.78, 5) is 11.3. The maximum atomic E-state index is 11.3. The fraction of sp³-hybridized carbons (Fsp3) is 0.750. The van der Waals surface area contributed by atoms with Crippen LogP contribution in [-0.4, -0.2) is 19.0 Å². The van der Waals surface area contributed by atoms with Crippen LogP contribution in [0.1, 0.15) is 44.9 Å². The molecule has 0 aliphatic carbocycles. The van der Waals surface area contributed by atoms with Crippen LogP contribution in [0.15, 0.2) is 0 Å². The van der Waals surface area contributed by atoms with Gasteiger partial charge >= 0.3 is 0 Å². The molecule has 0 fully saturated rings. The first-order valence-electron chi connectivity index (χ1n) is 5.71. The molecule has 0 aliphatic heterocycles. The number of carbonyl (C=O) groups excluding carboxylic acids is 1. The molecule has 3 nitrogen and oxygen atoms in total. The standard InChI is InChI=1S/C12H22N2O.ClH/c1-2-3-4-6-9-12(15)14-11-8-5-7-10-13;/h1H,3-11,13H2,(H,14,15);1H. The fourth-order valence-electron chi connectivity index (χ4n) is 1.27. The second-order valence-corrected chi connectivity index (χ2v) is 3.61. The lowest BCUT2D eigenvalue weighted by Gasteiger charge is -2.04. The molecule has 0 saturated carbocycles. The minimum absolute atomic E-state index is 0. The van der Waals surface area contributed by atoms with Crippen molar-refractivity contribution < 1.29 is 4.79 Å². The van der Waals surface area contributed by atoms with Gasteiger partial charge in [-0.15, -0.1) is 24.8 Å². The Kier molecular flexibility index (Phi) is 15.8. The highest BCUT2D eigenvalue weighted by molar-refractivity contribution is 5.85. The molecule has 0 aromatic heterocycles. The van der Waals surface area contributed by atoms with Gasteiger partial charge in [0.05, 0.1) is 0 Å². The van der Waals surface area contributed by atoms with Crippen molar-refractivity contribution in [1.29, 1.82) is 0 Å². The van der Waals surface area contributed by atoms with Crippen molar-refractivity contribution in [2.45, 2.75) is 44.9 Å². The van der Waals surface area contributed by atoms with E-state index in [1.807, 2.05) is 0 Å². The van der Waals surface area contributed by atoms with Crippen molar-refractivity contribution in [2.75, 3.05) is 13.1 Å². The van der Waals surface area contributed by atoms with E-state index in [9.17, 15) is 4.79 Å². The zero-order valence-corrected chi connectivity index (χ0v) is 10.7. The summed E-state index contributed by atoms with van der Waals surface area (Å²) in [6, 6.07) is 0. The zero-order valence-electron chi connectivity index (χ0n) is 9.84. The lowest BCUT2D eigenvalue weighted by Crippen LogP contribution is -2.24. The average molecular weight is 247 g/mol. The normalized spacial score (nSPS) is 9.00. The Labute approximate surface area is 105 Å². The van der Waals surface area contributed by atoms with E-state index in [4.69, 9.17) is 12.2 Å². The number of halogens is 1. The summed E-state index contributed by atoms with van der Waals surface area (Å²) in [5, 5.41) is 2.89. The van der Waals surface area contributed by atoms with Crippen LogP contribution in [0, 0.1) is 12.3 Å². The van der Waals surface area contributed by atoms with Crippen molar-refractivity contribution in [1.82, 2.24) is 5.32 Å². The summed E-state index contributed by atoms with van der Waals surface area (Å²) in [5.41, 5.74) is 5.36. The van der Waals surface area contributed by atoms with E-state index in [1.165, 1.54) is 0 Å². The summed E-state index contributed by atoms with van der Waals surface area (Å²) in [6.07, 6.45) is 11.5. The molecule has 94 valence electrons. The van der Waals surface area contributed by atoms with Gasteiger partial charge in [-0.3, -0.25) is 4.79 Å². The highest BCUT2D eigenvalue weighted by atomic mass is 35.5. The number of nitrogens with two attached hydrogens (primary N) is 1. The number of hydrogen-bond acceptors (Lipinski definition) is 2. The molecular weight excluding hydrogens is 224 g/mol. The van der Waals surface area contributed by atoms with Crippen molar-refractivity contribution in [3.63, 3.8) is 0 Å². The fourth-order valence-corrected chi connectivity index (χ4v) is 1.27. The number of nitrogens with one attached hydrogen (secondary N) is 1. The molecular formula is C12H23ClN2O. The van der Waals surface area contributed by atoms with Crippen LogP contribution < -0.4 is 11.1 Å². The largest absolute Gasteiger partial charge is 0.356 e. The molecule has 16 heavy (non-hydrogen) atoms. The first kappa shape index (κ1) is 17.7. The Morgan fingerprint density at radius 1 is 1.19 bits per heavy atom. The predicted molar refractivity (Wildman–Crippen MR) is 70.5 cm³/mol. The molecule has 0 aliphatic rings. The molecule has 0 spiro atoms. The van der Waals surface area contributed by atoms with E-state index >= 15 is 0 Å². The quantitative estimate of drug-likeness (QED) is 0.482. The second-order valence-electron chi connectivity index (χ2n) is 3.61. The van der Waals surface area contributed by atoms with E-state index in [1.54, 1.807) is 0 Å². The Bertz CT molecular complexity index is 202. The van der Waals surface area contributed by atoms with Gasteiger partial charge in [0.25, 0.3) is 0 Å². The number of hydrogen-bond donors (Lipinski definition) is 2. The number of amides is 1. The van der Waals surface area contributed by atoms with Crippen LogP contribution >= 0.6 is 12.4 Å². The first-order valence-corrected chi connectivity index (χ1v) is 5.71. The zero-order chi connectivity index (χ0) is 11.4. The van der Waals surface area contributed by atoms with Gasteiger partial charge in [0, 0.05) is 19.4 Å². The SMILES string of the molecule is C#CCCCCC(=O)NCCCCCN.Cl. The van der Waals surface area contributed by atoms with Crippen LogP contribution in [0.3, 0.4) is 0 Å². The molecule has 0 rings (SSSR count). The Morgan fingerprint density at radius 2 is 1.94 bits per heavy atom. The van der Waals surface area contributed by atoms with E-state index in [2.05, 4.69) is 11.2 Å². The predicted octanol–water partition coefficient (Wildman–Crippen LogP) is 1.85. The summed E-state index contributed by atoms with van der Waals surface area (Å²) in [7, 11) is 0. The third-order valence-corrected chi connectivity index (χ3v) is 2.18. The molecule has 0 aromatic carbocycles. The van der Waals surface area contributed by atoms with Crippen LogP contribution in [-0.2, 0) is 4.79 Å². The van der Waals surface area contributed by atoms with Crippen LogP contribution in [0.25, 0.3) is 0 Å². The average Bonchev–Trinajstić information content (AvgIpc) is 2.24. The smallest absolute Gasteiger partial charge is 0.219 e. The van der Waals surface area contributed by atoms with Crippen LogP contribution in [0.5, 0.6) is 0 Å². The van der Waals surface area contributed by atoms with E-state index in [0.29, 0.717) is 6.42 Å². The Balaban J connectivity index is 0. The maximum absolute atomic E-state index is 11.3. The van der Waals surface area contributed by atoms with Gasteiger partial charge in [-0.25, -0.2) is 0 Å². The molecule has 0 unspecified atom stereocenters. The van der Waals surface area contributed by atoms with Crippen molar-refractivity contribution >= 4 is 18.3 Å². The van der Waals surface area contributed by atoms with Gasteiger partial charge in [0.2, 0.25) is 5.91 Å². The van der Waals surface area contributed by atoms with Gasteiger partial charge in [-0.05, 0) is 32.2 Å². The molecule has 0 aromatic rings. The monoisotopic (exact) mass is 246 g/mol. The molecule has 1 amide bonds. The Hall–Kier alpha value is -0.720. The third kappa shape index (κ3) is 13.3. The maximum Gasteiger partial charge on any atom is 0.219 e. The van der Waals surface area contributed by atoms with Crippen molar-refractivity contribution in [3.05, 3.63) is 0 Å². The van der Waals surface area contributed by atoms with E-state index in [0.717, 1.165) is 51.6 Å². The molecule has 4 heteroatoms. The molecule has 0 heterocycles. The molecule has 3 N–H and O–H groups in total. The Morgan fingerprint density at radius 3 is 2.56 bits per heavy atom. The molecule has 0 bridgehead atoms. The minimum Gasteiger partial charge on any atom is -0.356 e. The van der Waals surface area contributed by atoms with Crippen molar-refractivity contribution in [2.24, 2.45) is 5.73 Å². The van der Waals surface area contributed by atoms with Gasteiger partial charge in [0.1, 0.15) is 0 Å². The van der Waals surface area contributed by atoms with Gasteiger partial charge < -0.3 is 11.1 Å². The lowest BCUT2D eigenvalue weighted by molar-refractivity contribution is -0.121. The molecule has 0 atom stereocenters. The summed E-state index contributed by atoms with van der Waals surface area (Å²) in [5.74, 6) is 2.70. The highest BCUT2D eigenvalue weighted by Crippen LogP contribution is 1.98. The van der Waals surface area contributed by atoms with Gasteiger partial charge in [-0.1, -0.05) is 6.42 Å². The third-order valence-electron chi connectivity index (χ3n) is 2.18. The van der Waals surface area contributed by atoms with Gasteiger partial charge in [0.15, 0.2) is 0 Å². The minimum atomic E-state index is 0. The van der Waals surface area contributed by atoms with Crippen molar-refractivity contribution in [3.8, 4) is 12.3 Å². The first-order chi connectivity index (χ1) is 7.31.